The molecule has 0 bridgehead atoms. The van der Waals surface area contributed by atoms with E-state index in [1.54, 1.807) is 16.7 Å². The predicted octanol–water partition coefficient (Wildman–Crippen LogP) is 1.06. The second-order valence-corrected chi connectivity index (χ2v) is 6.25. The zero-order chi connectivity index (χ0) is 16.9. The number of piperazine rings is 1. The molecule has 1 amide bonds. The SMILES string of the molecule is CCC(=O)C(C(=O)OC)N1CCN(C(=O)OC(C)(C)C)CC1. The summed E-state index contributed by atoms with van der Waals surface area (Å²) in [4.78, 5) is 39.1. The first-order valence-electron chi connectivity index (χ1n) is 7.52. The van der Waals surface area contributed by atoms with Gasteiger partial charge in [0.15, 0.2) is 11.8 Å². The van der Waals surface area contributed by atoms with Crippen LogP contribution >= 0.6 is 0 Å². The molecule has 126 valence electrons. The van der Waals surface area contributed by atoms with Crippen molar-refractivity contribution >= 4 is 17.8 Å². The van der Waals surface area contributed by atoms with E-state index in [1.165, 1.54) is 7.11 Å². The predicted molar refractivity (Wildman–Crippen MR) is 80.5 cm³/mol. The van der Waals surface area contributed by atoms with Gasteiger partial charge in [0, 0.05) is 32.6 Å². The molecule has 0 aliphatic carbocycles. The van der Waals surface area contributed by atoms with E-state index in [9.17, 15) is 14.4 Å². The Bertz CT molecular complexity index is 406. The van der Waals surface area contributed by atoms with Gasteiger partial charge in [-0.15, -0.1) is 0 Å². The van der Waals surface area contributed by atoms with Crippen LogP contribution in [0, 0.1) is 0 Å². The van der Waals surface area contributed by atoms with Gasteiger partial charge in [0.05, 0.1) is 7.11 Å². The third-order valence-electron chi connectivity index (χ3n) is 3.41. The maximum absolute atomic E-state index is 12.0. The summed E-state index contributed by atoms with van der Waals surface area (Å²) < 4.78 is 10.0. The quantitative estimate of drug-likeness (QED) is 0.570. The minimum atomic E-state index is -0.879. The van der Waals surface area contributed by atoms with Gasteiger partial charge in [-0.25, -0.2) is 9.59 Å². The van der Waals surface area contributed by atoms with Crippen LogP contribution in [0.5, 0.6) is 0 Å². The molecule has 0 radical (unpaired) electrons. The van der Waals surface area contributed by atoms with Gasteiger partial charge in [-0.2, -0.15) is 0 Å². The Morgan fingerprint density at radius 2 is 1.64 bits per heavy atom. The summed E-state index contributed by atoms with van der Waals surface area (Å²) in [5.41, 5.74) is -0.541. The summed E-state index contributed by atoms with van der Waals surface area (Å²) in [6.07, 6.45) is -0.102. The minimum Gasteiger partial charge on any atom is -0.468 e. The number of esters is 1. The number of rotatable bonds is 4. The van der Waals surface area contributed by atoms with E-state index >= 15 is 0 Å². The summed E-state index contributed by atoms with van der Waals surface area (Å²) in [7, 11) is 1.27. The fraction of sp³-hybridized carbons (Fsp3) is 0.800. The summed E-state index contributed by atoms with van der Waals surface area (Å²) >= 11 is 0. The lowest BCUT2D eigenvalue weighted by molar-refractivity contribution is -0.152. The molecule has 1 aliphatic rings. The number of nitrogens with zero attached hydrogens (tertiary/aromatic N) is 2. The number of ketones is 1. The molecule has 1 atom stereocenters. The minimum absolute atomic E-state index is 0.169. The van der Waals surface area contributed by atoms with Gasteiger partial charge >= 0.3 is 12.1 Å². The molecule has 0 aromatic carbocycles. The maximum atomic E-state index is 12.0. The summed E-state index contributed by atoms with van der Waals surface area (Å²) in [5.74, 6) is -0.713. The number of carbonyl (C=O) groups is 3. The van der Waals surface area contributed by atoms with Crippen LogP contribution in [0.3, 0.4) is 0 Å². The number of methoxy groups -OCH3 is 1. The Kier molecular flexibility index (Phi) is 6.34. The Hall–Kier alpha value is -1.63. The molecule has 1 fully saturated rings. The standard InChI is InChI=1S/C15H26N2O5/c1-6-11(18)12(13(19)21-5)16-7-9-17(10-8-16)14(20)22-15(2,3)4/h12H,6-10H2,1-5H3. The van der Waals surface area contributed by atoms with E-state index in [0.29, 0.717) is 26.2 Å². The summed E-state index contributed by atoms with van der Waals surface area (Å²) in [6, 6.07) is -0.879. The van der Waals surface area contributed by atoms with Gasteiger partial charge in [-0.05, 0) is 20.8 Å². The van der Waals surface area contributed by atoms with Crippen molar-refractivity contribution < 1.29 is 23.9 Å². The van der Waals surface area contributed by atoms with Crippen molar-refractivity contribution in [1.29, 1.82) is 0 Å². The van der Waals surface area contributed by atoms with E-state index in [0.717, 1.165) is 0 Å². The van der Waals surface area contributed by atoms with Gasteiger partial charge in [-0.1, -0.05) is 6.92 Å². The Morgan fingerprint density at radius 1 is 1.09 bits per heavy atom. The van der Waals surface area contributed by atoms with Gasteiger partial charge in [-0.3, -0.25) is 9.69 Å². The van der Waals surface area contributed by atoms with Crippen molar-refractivity contribution in [3.05, 3.63) is 0 Å². The van der Waals surface area contributed by atoms with E-state index in [4.69, 9.17) is 9.47 Å². The molecular formula is C15H26N2O5. The van der Waals surface area contributed by atoms with Crippen LogP contribution in [0.1, 0.15) is 34.1 Å². The van der Waals surface area contributed by atoms with Gasteiger partial charge < -0.3 is 14.4 Å². The van der Waals surface area contributed by atoms with Crippen molar-refractivity contribution in [3.8, 4) is 0 Å². The molecule has 1 rings (SSSR count). The lowest BCUT2D eigenvalue weighted by Gasteiger charge is -2.37. The zero-order valence-electron chi connectivity index (χ0n) is 14.0. The number of hydrogen-bond donors (Lipinski definition) is 0. The molecule has 1 saturated heterocycles. The molecule has 7 nitrogen and oxygen atoms in total. The average molecular weight is 314 g/mol. The highest BCUT2D eigenvalue weighted by molar-refractivity contribution is 6.03. The lowest BCUT2D eigenvalue weighted by Crippen LogP contribution is -2.57. The van der Waals surface area contributed by atoms with E-state index in [1.807, 2.05) is 20.8 Å². The van der Waals surface area contributed by atoms with Crippen molar-refractivity contribution in [2.45, 2.75) is 45.8 Å². The van der Waals surface area contributed by atoms with Crippen molar-refractivity contribution in [2.24, 2.45) is 0 Å². The molecule has 7 heteroatoms. The maximum Gasteiger partial charge on any atom is 0.410 e. The largest absolute Gasteiger partial charge is 0.468 e. The highest BCUT2D eigenvalue weighted by Crippen LogP contribution is 2.14. The molecule has 1 heterocycles. The molecule has 0 N–H and O–H groups in total. The van der Waals surface area contributed by atoms with Crippen LogP contribution < -0.4 is 0 Å². The molecule has 0 spiro atoms. The van der Waals surface area contributed by atoms with Crippen LogP contribution in [0.2, 0.25) is 0 Å². The molecule has 0 aromatic heterocycles. The normalized spacial score (nSPS) is 17.8. The third-order valence-corrected chi connectivity index (χ3v) is 3.41. The highest BCUT2D eigenvalue weighted by Gasteiger charge is 2.36. The highest BCUT2D eigenvalue weighted by atomic mass is 16.6. The second-order valence-electron chi connectivity index (χ2n) is 6.25. The van der Waals surface area contributed by atoms with Crippen molar-refractivity contribution in [3.63, 3.8) is 0 Å². The van der Waals surface area contributed by atoms with Crippen LogP contribution in [-0.2, 0) is 19.1 Å². The number of hydrogen-bond acceptors (Lipinski definition) is 6. The molecule has 0 aromatic rings. The second kappa shape index (κ2) is 7.58. The first kappa shape index (κ1) is 18.4. The van der Waals surface area contributed by atoms with Crippen molar-refractivity contribution in [1.82, 2.24) is 9.80 Å². The van der Waals surface area contributed by atoms with E-state index in [-0.39, 0.29) is 18.3 Å². The van der Waals surface area contributed by atoms with Crippen molar-refractivity contribution in [2.75, 3.05) is 33.3 Å². The third kappa shape index (κ3) is 4.98. The van der Waals surface area contributed by atoms with Gasteiger partial charge in [0.1, 0.15) is 5.60 Å². The molecule has 22 heavy (non-hydrogen) atoms. The summed E-state index contributed by atoms with van der Waals surface area (Å²) in [6.45, 7) is 8.86. The van der Waals surface area contributed by atoms with E-state index < -0.39 is 17.6 Å². The fourth-order valence-corrected chi connectivity index (χ4v) is 2.28. The van der Waals surface area contributed by atoms with Gasteiger partial charge in [0.2, 0.25) is 0 Å². The Morgan fingerprint density at radius 3 is 2.05 bits per heavy atom. The molecular weight excluding hydrogens is 288 g/mol. The number of carbonyl (C=O) groups excluding carboxylic acids is 3. The monoisotopic (exact) mass is 314 g/mol. The van der Waals surface area contributed by atoms with Crippen LogP contribution in [0.4, 0.5) is 4.79 Å². The van der Waals surface area contributed by atoms with Gasteiger partial charge in [0.25, 0.3) is 0 Å². The summed E-state index contributed by atoms with van der Waals surface area (Å²) in [5, 5.41) is 0. The molecule has 1 unspecified atom stereocenters. The van der Waals surface area contributed by atoms with Crippen LogP contribution in [-0.4, -0.2) is 72.6 Å². The Balaban J connectivity index is 2.64. The zero-order valence-corrected chi connectivity index (χ0v) is 14.0. The smallest absolute Gasteiger partial charge is 0.410 e. The molecule has 1 aliphatic heterocycles. The lowest BCUT2D eigenvalue weighted by atomic mass is 10.1. The fourth-order valence-electron chi connectivity index (χ4n) is 2.28. The topological polar surface area (TPSA) is 76.2 Å². The Labute approximate surface area is 131 Å². The van der Waals surface area contributed by atoms with Crippen LogP contribution in [0.15, 0.2) is 0 Å². The number of amides is 1. The number of Topliss-reactive ketones (excluding diaryl/α,β-unsaturated/α-hetero) is 1. The first-order valence-corrected chi connectivity index (χ1v) is 7.52. The first-order chi connectivity index (χ1) is 10.2. The molecule has 0 saturated carbocycles. The van der Waals surface area contributed by atoms with Crippen LogP contribution in [0.25, 0.3) is 0 Å². The number of ether oxygens (including phenoxy) is 2. The average Bonchev–Trinajstić information content (AvgIpc) is 2.45. The van der Waals surface area contributed by atoms with E-state index in [2.05, 4.69) is 0 Å².